The van der Waals surface area contributed by atoms with Crippen LogP contribution >= 0.6 is 0 Å². The fraction of sp³-hybridized carbons (Fsp3) is 0.500. The highest BCUT2D eigenvalue weighted by atomic mass is 16.5. The molecule has 1 rings (SSSR count). The Labute approximate surface area is 113 Å². The van der Waals surface area contributed by atoms with E-state index in [1.165, 1.54) is 7.11 Å². The highest BCUT2D eigenvalue weighted by Gasteiger charge is 2.15. The lowest BCUT2D eigenvalue weighted by Crippen LogP contribution is -2.14. The third-order valence-electron chi connectivity index (χ3n) is 3.06. The van der Waals surface area contributed by atoms with Crippen molar-refractivity contribution in [3.63, 3.8) is 0 Å². The number of methoxy groups -OCH3 is 3. The van der Waals surface area contributed by atoms with Crippen LogP contribution in [0.2, 0.25) is 0 Å². The number of nitrogens with two attached hydrogens (primary N) is 1. The predicted molar refractivity (Wildman–Crippen MR) is 72.5 cm³/mol. The van der Waals surface area contributed by atoms with E-state index in [-0.39, 0.29) is 12.0 Å². The van der Waals surface area contributed by atoms with Gasteiger partial charge in [-0.05, 0) is 36.6 Å². The molecule has 0 aliphatic rings. The number of aryl methyl sites for hydroxylation is 1. The van der Waals surface area contributed by atoms with E-state index in [0.29, 0.717) is 24.3 Å². The lowest BCUT2D eigenvalue weighted by atomic mass is 9.97. The Hall–Kier alpha value is -1.75. The van der Waals surface area contributed by atoms with Crippen LogP contribution in [-0.2, 0) is 9.53 Å². The molecule has 1 aromatic carbocycles. The van der Waals surface area contributed by atoms with Gasteiger partial charge in [0.05, 0.1) is 21.3 Å². The minimum atomic E-state index is -0.256. The van der Waals surface area contributed by atoms with Crippen molar-refractivity contribution < 1.29 is 19.0 Å². The van der Waals surface area contributed by atoms with Crippen molar-refractivity contribution in [3.05, 3.63) is 23.3 Å². The molecular weight excluding hydrogens is 246 g/mol. The van der Waals surface area contributed by atoms with Gasteiger partial charge in [0, 0.05) is 12.5 Å². The number of benzene rings is 1. The topological polar surface area (TPSA) is 70.8 Å². The quantitative estimate of drug-likeness (QED) is 0.798. The van der Waals surface area contributed by atoms with Crippen LogP contribution in [-0.4, -0.2) is 27.3 Å². The van der Waals surface area contributed by atoms with E-state index in [0.717, 1.165) is 11.1 Å². The molecule has 0 bridgehead atoms. The van der Waals surface area contributed by atoms with E-state index >= 15 is 0 Å². The largest absolute Gasteiger partial charge is 0.493 e. The van der Waals surface area contributed by atoms with Crippen LogP contribution in [0.4, 0.5) is 0 Å². The molecule has 0 fully saturated rings. The molecule has 0 amide bonds. The van der Waals surface area contributed by atoms with E-state index in [2.05, 4.69) is 4.74 Å². The fourth-order valence-corrected chi connectivity index (χ4v) is 1.93. The van der Waals surface area contributed by atoms with Gasteiger partial charge in [-0.25, -0.2) is 0 Å². The Bertz CT molecular complexity index is 445. The summed E-state index contributed by atoms with van der Waals surface area (Å²) < 4.78 is 15.1. The van der Waals surface area contributed by atoms with Crippen molar-refractivity contribution >= 4 is 5.97 Å². The van der Waals surface area contributed by atoms with E-state index in [1.54, 1.807) is 14.2 Å². The second-order valence-electron chi connectivity index (χ2n) is 4.29. The van der Waals surface area contributed by atoms with Gasteiger partial charge in [0.2, 0.25) is 0 Å². The molecule has 5 heteroatoms. The second-order valence-corrected chi connectivity index (χ2v) is 4.29. The molecule has 0 saturated heterocycles. The molecule has 106 valence electrons. The first-order valence-corrected chi connectivity index (χ1v) is 6.08. The maximum Gasteiger partial charge on any atom is 0.305 e. The Balaban J connectivity index is 2.90. The van der Waals surface area contributed by atoms with Crippen LogP contribution in [0.3, 0.4) is 0 Å². The highest BCUT2D eigenvalue weighted by molar-refractivity contribution is 5.69. The minimum Gasteiger partial charge on any atom is -0.493 e. The van der Waals surface area contributed by atoms with E-state index < -0.39 is 0 Å². The summed E-state index contributed by atoms with van der Waals surface area (Å²) in [7, 11) is 4.54. The normalized spacial score (nSPS) is 11.8. The van der Waals surface area contributed by atoms with Crippen LogP contribution in [0.15, 0.2) is 12.1 Å². The number of rotatable bonds is 6. The van der Waals surface area contributed by atoms with Gasteiger partial charge in [0.1, 0.15) is 0 Å². The summed E-state index contributed by atoms with van der Waals surface area (Å²) in [6, 6.07) is 3.50. The fourth-order valence-electron chi connectivity index (χ4n) is 1.93. The number of hydrogen-bond acceptors (Lipinski definition) is 5. The predicted octanol–water partition coefficient (Wildman–Crippen LogP) is 1.97. The monoisotopic (exact) mass is 267 g/mol. The number of carbonyl (C=O) groups excluding carboxylic acids is 1. The van der Waals surface area contributed by atoms with Gasteiger partial charge in [-0.15, -0.1) is 0 Å². The molecule has 0 aliphatic carbocycles. The summed E-state index contributed by atoms with van der Waals surface area (Å²) in [6.45, 7) is 1.95. The van der Waals surface area contributed by atoms with Crippen molar-refractivity contribution in [2.45, 2.75) is 25.8 Å². The van der Waals surface area contributed by atoms with Gasteiger partial charge in [0.15, 0.2) is 11.5 Å². The zero-order chi connectivity index (χ0) is 14.4. The maximum absolute atomic E-state index is 11.1. The molecule has 2 N–H and O–H groups in total. The summed E-state index contributed by atoms with van der Waals surface area (Å²) in [5.74, 6) is 1.05. The molecule has 19 heavy (non-hydrogen) atoms. The summed E-state index contributed by atoms with van der Waals surface area (Å²) in [5.41, 5.74) is 8.06. The van der Waals surface area contributed by atoms with Crippen LogP contribution in [0.1, 0.15) is 30.0 Å². The summed E-state index contributed by atoms with van der Waals surface area (Å²) in [6.07, 6.45) is 0.828. The standard InChI is InChI=1S/C14H21NO4/c1-9-7-12(17-2)13(18-3)8-10(9)11(15)5-6-14(16)19-4/h7-8,11H,5-6,15H2,1-4H3. The molecule has 0 aliphatic heterocycles. The summed E-state index contributed by atoms with van der Waals surface area (Å²) in [5, 5.41) is 0. The number of hydrogen-bond donors (Lipinski definition) is 1. The Kier molecular flexibility index (Phi) is 5.63. The molecule has 0 radical (unpaired) electrons. The van der Waals surface area contributed by atoms with E-state index in [1.807, 2.05) is 19.1 Å². The van der Waals surface area contributed by atoms with E-state index in [9.17, 15) is 4.79 Å². The maximum atomic E-state index is 11.1. The van der Waals surface area contributed by atoms with Gasteiger partial charge in [-0.3, -0.25) is 4.79 Å². The van der Waals surface area contributed by atoms with Crippen molar-refractivity contribution in [2.75, 3.05) is 21.3 Å². The molecule has 1 unspecified atom stereocenters. The zero-order valence-corrected chi connectivity index (χ0v) is 11.9. The molecule has 0 spiro atoms. The van der Waals surface area contributed by atoms with Gasteiger partial charge in [0.25, 0.3) is 0 Å². The molecule has 1 aromatic rings. The first-order chi connectivity index (χ1) is 9.03. The van der Waals surface area contributed by atoms with Crippen LogP contribution in [0.25, 0.3) is 0 Å². The second kappa shape index (κ2) is 6.99. The molecular formula is C14H21NO4. The highest BCUT2D eigenvalue weighted by Crippen LogP contribution is 2.33. The average molecular weight is 267 g/mol. The summed E-state index contributed by atoms with van der Waals surface area (Å²) >= 11 is 0. The number of carbonyl (C=O) groups is 1. The third-order valence-corrected chi connectivity index (χ3v) is 3.06. The average Bonchev–Trinajstić information content (AvgIpc) is 2.43. The van der Waals surface area contributed by atoms with Gasteiger partial charge in [-0.2, -0.15) is 0 Å². The SMILES string of the molecule is COC(=O)CCC(N)c1cc(OC)c(OC)cc1C. The Morgan fingerprint density at radius 3 is 2.32 bits per heavy atom. The lowest BCUT2D eigenvalue weighted by molar-refractivity contribution is -0.140. The first kappa shape index (κ1) is 15.3. The number of ether oxygens (including phenoxy) is 3. The van der Waals surface area contributed by atoms with Crippen molar-refractivity contribution in [3.8, 4) is 11.5 Å². The van der Waals surface area contributed by atoms with Gasteiger partial charge < -0.3 is 19.9 Å². The van der Waals surface area contributed by atoms with E-state index in [4.69, 9.17) is 15.2 Å². The Morgan fingerprint density at radius 2 is 1.79 bits per heavy atom. The molecule has 0 heterocycles. The van der Waals surface area contributed by atoms with Crippen molar-refractivity contribution in [2.24, 2.45) is 5.73 Å². The van der Waals surface area contributed by atoms with Gasteiger partial charge in [-0.1, -0.05) is 0 Å². The molecule has 0 saturated carbocycles. The van der Waals surface area contributed by atoms with Crippen LogP contribution in [0.5, 0.6) is 11.5 Å². The Morgan fingerprint density at radius 1 is 1.21 bits per heavy atom. The summed E-state index contributed by atoms with van der Waals surface area (Å²) in [4.78, 5) is 11.1. The third kappa shape index (κ3) is 3.86. The minimum absolute atomic E-state index is 0.237. The van der Waals surface area contributed by atoms with Gasteiger partial charge >= 0.3 is 5.97 Å². The molecule has 5 nitrogen and oxygen atoms in total. The first-order valence-electron chi connectivity index (χ1n) is 6.08. The van der Waals surface area contributed by atoms with Crippen molar-refractivity contribution in [1.29, 1.82) is 0 Å². The van der Waals surface area contributed by atoms with Crippen LogP contribution in [0, 0.1) is 6.92 Å². The molecule has 1 atom stereocenters. The van der Waals surface area contributed by atoms with Crippen molar-refractivity contribution in [1.82, 2.24) is 0 Å². The number of esters is 1. The zero-order valence-electron chi connectivity index (χ0n) is 11.9. The smallest absolute Gasteiger partial charge is 0.305 e. The molecule has 0 aromatic heterocycles. The lowest BCUT2D eigenvalue weighted by Gasteiger charge is -2.17. The van der Waals surface area contributed by atoms with Crippen LogP contribution < -0.4 is 15.2 Å².